The van der Waals surface area contributed by atoms with E-state index in [1.807, 2.05) is 13.0 Å². The Labute approximate surface area is 200 Å². The molecule has 2 aromatic carbocycles. The van der Waals surface area contributed by atoms with E-state index in [1.54, 1.807) is 66.2 Å². The van der Waals surface area contributed by atoms with Gasteiger partial charge in [-0.25, -0.2) is 0 Å². The van der Waals surface area contributed by atoms with Crippen LogP contribution in [0.4, 0.5) is 5.69 Å². The number of nitrogens with zero attached hydrogens (tertiary/aromatic N) is 2. The van der Waals surface area contributed by atoms with Crippen molar-refractivity contribution in [3.05, 3.63) is 93.8 Å². The van der Waals surface area contributed by atoms with E-state index >= 15 is 0 Å². The second-order valence-corrected chi connectivity index (χ2v) is 8.23. The number of carbonyl (C=O) groups is 3. The molecule has 1 saturated heterocycles. The first-order valence-corrected chi connectivity index (χ1v) is 10.8. The quantitative estimate of drug-likeness (QED) is 0.337. The van der Waals surface area contributed by atoms with Crippen LogP contribution in [0.15, 0.2) is 66.2 Å². The van der Waals surface area contributed by atoms with Gasteiger partial charge in [-0.1, -0.05) is 35.9 Å². The van der Waals surface area contributed by atoms with Crippen LogP contribution in [0, 0.1) is 13.8 Å². The highest BCUT2D eigenvalue weighted by Gasteiger charge is 2.34. The molecule has 4 rings (SSSR count). The van der Waals surface area contributed by atoms with Crippen molar-refractivity contribution in [2.75, 3.05) is 10.3 Å². The molecule has 0 bridgehead atoms. The van der Waals surface area contributed by atoms with Crippen LogP contribution in [-0.2, 0) is 9.59 Å². The van der Waals surface area contributed by atoms with Gasteiger partial charge in [0.15, 0.2) is 5.11 Å². The Morgan fingerprint density at radius 2 is 1.79 bits per heavy atom. The smallest absolute Gasteiger partial charge is 0.270 e. The summed E-state index contributed by atoms with van der Waals surface area (Å²) in [7, 11) is 0. The molecule has 1 aliphatic heterocycles. The first-order chi connectivity index (χ1) is 15.8. The number of rotatable bonds is 4. The van der Waals surface area contributed by atoms with E-state index in [-0.39, 0.29) is 16.6 Å². The molecule has 0 aliphatic carbocycles. The molecule has 1 fully saturated rings. The van der Waals surface area contributed by atoms with E-state index < -0.39 is 11.8 Å². The van der Waals surface area contributed by atoms with Crippen molar-refractivity contribution in [3.63, 3.8) is 0 Å². The first kappa shape index (κ1) is 22.4. The molecule has 0 spiro atoms. The summed E-state index contributed by atoms with van der Waals surface area (Å²) in [4.78, 5) is 39.6. The third-order valence-corrected chi connectivity index (χ3v) is 5.71. The number of amides is 3. The van der Waals surface area contributed by atoms with Crippen molar-refractivity contribution in [3.8, 4) is 0 Å². The average molecular weight is 479 g/mol. The number of thiocarbonyl (C=S) groups is 1. The Hall–Kier alpha value is -3.75. The van der Waals surface area contributed by atoms with Crippen LogP contribution in [-0.4, -0.2) is 27.5 Å². The van der Waals surface area contributed by atoms with Crippen molar-refractivity contribution >= 4 is 58.4 Å². The molecule has 33 heavy (non-hydrogen) atoms. The Bertz CT molecular complexity index is 1330. The Morgan fingerprint density at radius 1 is 1.06 bits per heavy atom. The largest absolute Gasteiger partial charge is 0.298 e. The predicted molar refractivity (Wildman–Crippen MR) is 132 cm³/mol. The van der Waals surface area contributed by atoms with Gasteiger partial charge < -0.3 is 0 Å². The summed E-state index contributed by atoms with van der Waals surface area (Å²) in [6, 6.07) is 17.2. The number of aromatic nitrogens is 1. The van der Waals surface area contributed by atoms with E-state index in [0.717, 1.165) is 5.69 Å². The van der Waals surface area contributed by atoms with Crippen LogP contribution in [0.3, 0.4) is 0 Å². The third kappa shape index (κ3) is 4.44. The molecular weight excluding hydrogens is 460 g/mol. The summed E-state index contributed by atoms with van der Waals surface area (Å²) in [6.07, 6.45) is 1.49. The van der Waals surface area contributed by atoms with Crippen LogP contribution >= 0.6 is 23.8 Å². The minimum atomic E-state index is -0.596. The maximum atomic E-state index is 13.2. The third-order valence-electron chi connectivity index (χ3n) is 5.19. The molecule has 0 saturated carbocycles. The van der Waals surface area contributed by atoms with Gasteiger partial charge in [0.2, 0.25) is 0 Å². The fourth-order valence-electron chi connectivity index (χ4n) is 3.52. The monoisotopic (exact) mass is 478 g/mol. The van der Waals surface area contributed by atoms with Gasteiger partial charge in [0, 0.05) is 22.0 Å². The van der Waals surface area contributed by atoms with E-state index in [2.05, 4.69) is 10.7 Å². The van der Waals surface area contributed by atoms with Crippen LogP contribution in [0.2, 0.25) is 5.02 Å². The molecule has 3 aromatic rings. The van der Waals surface area contributed by atoms with E-state index in [9.17, 15) is 14.4 Å². The number of hydrogen-bond acceptors (Lipinski definition) is 4. The lowest BCUT2D eigenvalue weighted by Crippen LogP contribution is -2.54. The molecular formula is C24H19ClN4O3S. The Balaban J connectivity index is 1.67. The lowest BCUT2D eigenvalue weighted by molar-refractivity contribution is -0.122. The second kappa shape index (κ2) is 9.01. The van der Waals surface area contributed by atoms with Crippen molar-refractivity contribution < 1.29 is 14.4 Å². The van der Waals surface area contributed by atoms with E-state index in [0.29, 0.717) is 27.5 Å². The van der Waals surface area contributed by atoms with Crippen molar-refractivity contribution in [1.29, 1.82) is 0 Å². The predicted octanol–water partition coefficient (Wildman–Crippen LogP) is 3.97. The number of hydrogen-bond donors (Lipinski definition) is 2. The Kier molecular flexibility index (Phi) is 6.13. The zero-order valence-corrected chi connectivity index (χ0v) is 19.3. The molecule has 2 heterocycles. The van der Waals surface area contributed by atoms with Crippen molar-refractivity contribution in [2.45, 2.75) is 13.8 Å². The second-order valence-electron chi connectivity index (χ2n) is 7.41. The van der Waals surface area contributed by atoms with Gasteiger partial charge in [-0.2, -0.15) is 0 Å². The fraction of sp³-hybridized carbons (Fsp3) is 0.0833. The molecule has 0 unspecified atom stereocenters. The van der Waals surface area contributed by atoms with Gasteiger partial charge in [-0.3, -0.25) is 34.7 Å². The molecule has 9 heteroatoms. The minimum absolute atomic E-state index is 0.0231. The molecule has 1 aliphatic rings. The van der Waals surface area contributed by atoms with E-state index in [1.165, 1.54) is 11.0 Å². The fourth-order valence-corrected chi connectivity index (χ4v) is 3.99. The molecule has 2 N–H and O–H groups in total. The zero-order chi connectivity index (χ0) is 23.7. The van der Waals surface area contributed by atoms with Crippen molar-refractivity contribution in [1.82, 2.24) is 9.99 Å². The molecule has 0 atom stereocenters. The molecule has 0 radical (unpaired) electrons. The number of carbonyl (C=O) groups excluding carboxylic acids is 3. The van der Waals surface area contributed by atoms with E-state index in [4.69, 9.17) is 23.8 Å². The topological polar surface area (TPSA) is 83.4 Å². The maximum absolute atomic E-state index is 13.2. The van der Waals surface area contributed by atoms with Gasteiger partial charge in [0.1, 0.15) is 5.57 Å². The molecule has 7 nitrogen and oxygen atoms in total. The lowest BCUT2D eigenvalue weighted by Gasteiger charge is -2.29. The van der Waals surface area contributed by atoms with Crippen LogP contribution in [0.1, 0.15) is 27.3 Å². The lowest BCUT2D eigenvalue weighted by atomic mass is 10.1. The number of halogens is 1. The summed E-state index contributed by atoms with van der Waals surface area (Å²) in [5, 5.41) is 2.96. The van der Waals surface area contributed by atoms with Gasteiger partial charge in [0.05, 0.1) is 5.69 Å². The summed E-state index contributed by atoms with van der Waals surface area (Å²) >= 11 is 11.3. The summed E-state index contributed by atoms with van der Waals surface area (Å²) < 4.78 is 1.62. The number of aryl methyl sites for hydroxylation is 1. The maximum Gasteiger partial charge on any atom is 0.270 e. The first-order valence-electron chi connectivity index (χ1n) is 9.98. The molecule has 3 amide bonds. The summed E-state index contributed by atoms with van der Waals surface area (Å²) in [5.74, 6) is -1.44. The summed E-state index contributed by atoms with van der Waals surface area (Å²) in [6.45, 7) is 3.60. The van der Waals surface area contributed by atoms with Crippen LogP contribution in [0.5, 0.6) is 0 Å². The molecule has 166 valence electrons. The van der Waals surface area contributed by atoms with Gasteiger partial charge >= 0.3 is 0 Å². The standard InChI is InChI=1S/C24H19ClN4O3S/c1-14-11-17(15(2)29(14)27-21(30)16-7-4-3-5-8-16)12-20-22(31)26-24(33)28(23(20)32)19-10-6-9-18(25)13-19/h3-13H,1-2H3,(H,27,30)(H,26,31,33)/b20-12+. The van der Waals surface area contributed by atoms with Crippen molar-refractivity contribution in [2.24, 2.45) is 0 Å². The van der Waals surface area contributed by atoms with Gasteiger partial charge in [-0.15, -0.1) is 0 Å². The van der Waals surface area contributed by atoms with Crippen LogP contribution in [0.25, 0.3) is 6.08 Å². The highest BCUT2D eigenvalue weighted by Crippen LogP contribution is 2.25. The zero-order valence-electron chi connectivity index (χ0n) is 17.8. The number of anilines is 1. The SMILES string of the molecule is Cc1cc(/C=C2\C(=O)NC(=S)N(c3cccc(Cl)c3)C2=O)c(C)n1NC(=O)c1ccccc1. The van der Waals surface area contributed by atoms with Crippen LogP contribution < -0.4 is 15.6 Å². The number of benzene rings is 2. The highest BCUT2D eigenvalue weighted by molar-refractivity contribution is 7.80. The highest BCUT2D eigenvalue weighted by atomic mass is 35.5. The normalized spacial score (nSPS) is 15.1. The Morgan fingerprint density at radius 3 is 2.48 bits per heavy atom. The summed E-state index contributed by atoms with van der Waals surface area (Å²) in [5.41, 5.74) is 5.71. The molecule has 1 aromatic heterocycles. The van der Waals surface area contributed by atoms with Gasteiger partial charge in [-0.05, 0) is 74.1 Å². The minimum Gasteiger partial charge on any atom is -0.298 e. The number of nitrogens with one attached hydrogen (secondary N) is 2. The average Bonchev–Trinajstić information content (AvgIpc) is 3.04. The van der Waals surface area contributed by atoms with Gasteiger partial charge in [0.25, 0.3) is 17.7 Å².